The van der Waals surface area contributed by atoms with Crippen molar-refractivity contribution in [3.05, 3.63) is 47.2 Å². The zero-order valence-corrected chi connectivity index (χ0v) is 12.0. The molecule has 106 valence electrons. The number of anilines is 1. The van der Waals surface area contributed by atoms with Crippen LogP contribution in [-0.4, -0.2) is 28.2 Å². The summed E-state index contributed by atoms with van der Waals surface area (Å²) in [5.74, 6) is 1.18. The van der Waals surface area contributed by atoms with Crippen LogP contribution < -0.4 is 10.1 Å². The molecule has 0 saturated carbocycles. The maximum atomic E-state index is 10.3. The number of aliphatic hydroxyl groups is 1. The normalized spacial score (nSPS) is 13.6. The summed E-state index contributed by atoms with van der Waals surface area (Å²) in [5, 5.41) is 13.8. The van der Waals surface area contributed by atoms with E-state index in [0.29, 0.717) is 11.0 Å². The van der Waals surface area contributed by atoms with E-state index in [2.05, 4.69) is 15.3 Å². The highest BCUT2D eigenvalue weighted by Crippen LogP contribution is 2.21. The number of hydrogen-bond acceptors (Lipinski definition) is 5. The van der Waals surface area contributed by atoms with Gasteiger partial charge in [-0.1, -0.05) is 23.7 Å². The van der Waals surface area contributed by atoms with Gasteiger partial charge in [0, 0.05) is 0 Å². The van der Waals surface area contributed by atoms with Crippen molar-refractivity contribution in [2.45, 2.75) is 19.1 Å². The van der Waals surface area contributed by atoms with E-state index >= 15 is 0 Å². The van der Waals surface area contributed by atoms with Crippen LogP contribution in [0.1, 0.15) is 18.6 Å². The van der Waals surface area contributed by atoms with Crippen molar-refractivity contribution < 1.29 is 9.84 Å². The van der Waals surface area contributed by atoms with E-state index in [1.807, 2.05) is 31.2 Å². The molecule has 0 aliphatic carbocycles. The molecule has 1 aromatic carbocycles. The molecule has 0 aliphatic heterocycles. The van der Waals surface area contributed by atoms with Crippen LogP contribution in [-0.2, 0) is 0 Å². The summed E-state index contributed by atoms with van der Waals surface area (Å²) in [6.07, 6.45) is 2.33. The highest BCUT2D eigenvalue weighted by molar-refractivity contribution is 6.30. The lowest BCUT2D eigenvalue weighted by Crippen LogP contribution is -2.25. The molecule has 0 spiro atoms. The van der Waals surface area contributed by atoms with Gasteiger partial charge in [0.15, 0.2) is 0 Å². The summed E-state index contributed by atoms with van der Waals surface area (Å²) >= 11 is 5.72. The van der Waals surface area contributed by atoms with Crippen molar-refractivity contribution in [1.82, 2.24) is 9.97 Å². The largest absolute Gasteiger partial charge is 0.497 e. The maximum Gasteiger partial charge on any atom is 0.222 e. The lowest BCUT2D eigenvalue weighted by molar-refractivity contribution is 0.160. The van der Waals surface area contributed by atoms with Gasteiger partial charge in [-0.15, -0.1) is 0 Å². The van der Waals surface area contributed by atoms with Crippen LogP contribution in [0.5, 0.6) is 5.75 Å². The number of nitrogens with zero attached hydrogens (tertiary/aromatic N) is 2. The van der Waals surface area contributed by atoms with Gasteiger partial charge in [0.1, 0.15) is 5.75 Å². The number of halogens is 1. The lowest BCUT2D eigenvalue weighted by Gasteiger charge is -2.20. The highest BCUT2D eigenvalue weighted by atomic mass is 35.5. The summed E-state index contributed by atoms with van der Waals surface area (Å²) in [4.78, 5) is 8.07. The lowest BCUT2D eigenvalue weighted by atomic mass is 10.0. The molecule has 20 heavy (non-hydrogen) atoms. The van der Waals surface area contributed by atoms with Crippen molar-refractivity contribution in [2.24, 2.45) is 0 Å². The van der Waals surface area contributed by atoms with Crippen LogP contribution in [0.15, 0.2) is 36.7 Å². The maximum absolute atomic E-state index is 10.3. The summed E-state index contributed by atoms with van der Waals surface area (Å²) in [6.45, 7) is 1.85. The number of rotatable bonds is 5. The molecular formula is C14H16ClN3O2. The number of aliphatic hydroxyl groups excluding tert-OH is 1. The Balaban J connectivity index is 2.03. The molecule has 0 saturated heterocycles. The van der Waals surface area contributed by atoms with E-state index in [1.165, 1.54) is 12.4 Å². The zero-order valence-electron chi connectivity index (χ0n) is 11.2. The number of aromatic nitrogens is 2. The van der Waals surface area contributed by atoms with Gasteiger partial charge < -0.3 is 15.2 Å². The van der Waals surface area contributed by atoms with Crippen molar-refractivity contribution in [3.8, 4) is 5.75 Å². The van der Waals surface area contributed by atoms with Crippen LogP contribution in [0.3, 0.4) is 0 Å². The quantitative estimate of drug-likeness (QED) is 0.887. The number of benzene rings is 1. The summed E-state index contributed by atoms with van der Waals surface area (Å²) in [5.41, 5.74) is 0.791. The van der Waals surface area contributed by atoms with Gasteiger partial charge in [0.05, 0.1) is 36.7 Å². The number of methoxy groups -OCH3 is 1. The van der Waals surface area contributed by atoms with Crippen molar-refractivity contribution in [3.63, 3.8) is 0 Å². The first-order valence-corrected chi connectivity index (χ1v) is 6.54. The van der Waals surface area contributed by atoms with Crippen LogP contribution in [0, 0.1) is 0 Å². The molecule has 1 aromatic heterocycles. The molecule has 2 rings (SSSR count). The molecule has 6 heteroatoms. The average Bonchev–Trinajstić information content (AvgIpc) is 2.49. The van der Waals surface area contributed by atoms with Gasteiger partial charge in [-0.25, -0.2) is 9.97 Å². The minimum absolute atomic E-state index is 0.246. The fourth-order valence-electron chi connectivity index (χ4n) is 1.76. The van der Waals surface area contributed by atoms with Crippen LogP contribution in [0.2, 0.25) is 5.02 Å². The monoisotopic (exact) mass is 293 g/mol. The number of ether oxygens (including phenoxy) is 1. The molecule has 0 fully saturated rings. The second-order valence-electron chi connectivity index (χ2n) is 4.38. The van der Waals surface area contributed by atoms with E-state index in [-0.39, 0.29) is 6.04 Å². The third-order valence-corrected chi connectivity index (χ3v) is 3.10. The molecule has 1 heterocycles. The molecule has 2 atom stereocenters. The Morgan fingerprint density at radius 2 is 1.80 bits per heavy atom. The molecule has 0 amide bonds. The van der Waals surface area contributed by atoms with Gasteiger partial charge in [-0.3, -0.25) is 0 Å². The third-order valence-electron chi connectivity index (χ3n) is 2.91. The van der Waals surface area contributed by atoms with Crippen molar-refractivity contribution >= 4 is 17.5 Å². The third kappa shape index (κ3) is 3.59. The van der Waals surface area contributed by atoms with E-state index in [4.69, 9.17) is 16.3 Å². The Labute approximate surface area is 122 Å². The molecule has 2 aromatic rings. The standard InChI is InChI=1S/C14H16ClN3O2/c1-9(18-14-16-7-11(15)8-17-14)13(19)10-3-5-12(20-2)6-4-10/h3-9,13,19H,1-2H3,(H,16,17,18)/t9-,13+/m0/s1. The molecule has 0 radical (unpaired) electrons. The van der Waals surface area contributed by atoms with Gasteiger partial charge in [0.2, 0.25) is 5.95 Å². The topological polar surface area (TPSA) is 67.3 Å². The Bertz CT molecular complexity index is 545. The first-order chi connectivity index (χ1) is 9.60. The van der Waals surface area contributed by atoms with Crippen LogP contribution in [0.25, 0.3) is 0 Å². The summed E-state index contributed by atoms with van der Waals surface area (Å²) < 4.78 is 5.09. The molecule has 0 bridgehead atoms. The minimum Gasteiger partial charge on any atom is -0.497 e. The van der Waals surface area contributed by atoms with Crippen LogP contribution in [0.4, 0.5) is 5.95 Å². The van der Waals surface area contributed by atoms with Gasteiger partial charge in [-0.2, -0.15) is 0 Å². The van der Waals surface area contributed by atoms with Gasteiger partial charge in [-0.05, 0) is 24.6 Å². The first-order valence-electron chi connectivity index (χ1n) is 6.16. The SMILES string of the molecule is COc1ccc([C@H](O)[C@H](C)Nc2ncc(Cl)cn2)cc1. The number of hydrogen-bond donors (Lipinski definition) is 2. The Hall–Kier alpha value is -1.85. The first kappa shape index (κ1) is 14.6. The Morgan fingerprint density at radius 1 is 1.20 bits per heavy atom. The molecule has 0 aliphatic rings. The number of nitrogens with one attached hydrogen (secondary N) is 1. The second kappa shape index (κ2) is 6.54. The van der Waals surface area contributed by atoms with Crippen molar-refractivity contribution in [2.75, 3.05) is 12.4 Å². The smallest absolute Gasteiger partial charge is 0.222 e. The molecular weight excluding hydrogens is 278 g/mol. The highest BCUT2D eigenvalue weighted by Gasteiger charge is 2.17. The average molecular weight is 294 g/mol. The summed E-state index contributed by atoms with van der Waals surface area (Å²) in [6, 6.07) is 7.02. The summed E-state index contributed by atoms with van der Waals surface area (Å²) in [7, 11) is 1.60. The molecule has 5 nitrogen and oxygen atoms in total. The molecule has 2 N–H and O–H groups in total. The van der Waals surface area contributed by atoms with E-state index in [9.17, 15) is 5.11 Å². The van der Waals surface area contributed by atoms with Crippen molar-refractivity contribution in [1.29, 1.82) is 0 Å². The van der Waals surface area contributed by atoms with Crippen LogP contribution >= 0.6 is 11.6 Å². The zero-order chi connectivity index (χ0) is 14.5. The van der Waals surface area contributed by atoms with E-state index in [1.54, 1.807) is 7.11 Å². The Kier molecular flexibility index (Phi) is 4.76. The van der Waals surface area contributed by atoms with E-state index < -0.39 is 6.10 Å². The predicted molar refractivity (Wildman–Crippen MR) is 78.1 cm³/mol. The fourth-order valence-corrected chi connectivity index (χ4v) is 1.86. The second-order valence-corrected chi connectivity index (χ2v) is 4.81. The fraction of sp³-hybridized carbons (Fsp3) is 0.286. The minimum atomic E-state index is -0.680. The Morgan fingerprint density at radius 3 is 2.35 bits per heavy atom. The van der Waals surface area contributed by atoms with Gasteiger partial charge in [0.25, 0.3) is 0 Å². The van der Waals surface area contributed by atoms with Gasteiger partial charge >= 0.3 is 0 Å². The molecule has 0 unspecified atom stereocenters. The predicted octanol–water partition coefficient (Wildman–Crippen LogP) is 2.67. The van der Waals surface area contributed by atoms with E-state index in [0.717, 1.165) is 11.3 Å².